The van der Waals surface area contributed by atoms with Crippen LogP contribution in [0.2, 0.25) is 0 Å². The summed E-state index contributed by atoms with van der Waals surface area (Å²) in [5.41, 5.74) is 0.959. The lowest BCUT2D eigenvalue weighted by Crippen LogP contribution is -2.37. The number of rotatable bonds is 4. The molecule has 1 saturated heterocycles. The van der Waals surface area contributed by atoms with E-state index >= 15 is 0 Å². The third kappa shape index (κ3) is 2.82. The molecular formula is C15H19NO4. The quantitative estimate of drug-likeness (QED) is 0.902. The fraction of sp³-hybridized carbons (Fsp3) is 0.467. The highest BCUT2D eigenvalue weighted by molar-refractivity contribution is 5.82. The maximum Gasteiger partial charge on any atom is 0.308 e. The molecule has 3 unspecified atom stereocenters. The molecule has 0 aliphatic carbocycles. The number of carbonyl (C=O) groups excluding carboxylic acids is 1. The van der Waals surface area contributed by atoms with Crippen molar-refractivity contribution in [3.8, 4) is 0 Å². The lowest BCUT2D eigenvalue weighted by atomic mass is 9.89. The summed E-state index contributed by atoms with van der Waals surface area (Å²) >= 11 is 0. The molecule has 2 rings (SSSR count). The second-order valence-electron chi connectivity index (χ2n) is 5.08. The van der Waals surface area contributed by atoms with Gasteiger partial charge in [-0.25, -0.2) is 0 Å². The zero-order valence-electron chi connectivity index (χ0n) is 11.7. The van der Waals surface area contributed by atoms with E-state index < -0.39 is 18.0 Å². The molecule has 1 heterocycles. The fourth-order valence-electron chi connectivity index (χ4n) is 2.63. The highest BCUT2D eigenvalue weighted by atomic mass is 16.5. The summed E-state index contributed by atoms with van der Waals surface area (Å²) in [6.07, 6.45) is -0.543. The SMILES string of the molecule is COC(C)C(=O)N1CC(C(=O)O)C(c2ccccc2)C1. The summed E-state index contributed by atoms with van der Waals surface area (Å²) in [7, 11) is 1.47. The van der Waals surface area contributed by atoms with Crippen molar-refractivity contribution in [2.45, 2.75) is 18.9 Å². The van der Waals surface area contributed by atoms with Gasteiger partial charge in [-0.1, -0.05) is 30.3 Å². The van der Waals surface area contributed by atoms with E-state index in [1.807, 2.05) is 30.3 Å². The molecule has 0 radical (unpaired) electrons. The minimum absolute atomic E-state index is 0.155. The van der Waals surface area contributed by atoms with Gasteiger partial charge < -0.3 is 14.7 Å². The van der Waals surface area contributed by atoms with Crippen LogP contribution in [-0.2, 0) is 14.3 Å². The van der Waals surface area contributed by atoms with E-state index in [2.05, 4.69) is 0 Å². The number of likely N-dealkylation sites (tertiary alicyclic amines) is 1. The summed E-state index contributed by atoms with van der Waals surface area (Å²) in [6, 6.07) is 9.49. The molecule has 1 aliphatic rings. The highest BCUT2D eigenvalue weighted by Crippen LogP contribution is 2.33. The average Bonchev–Trinajstić information content (AvgIpc) is 2.92. The van der Waals surface area contributed by atoms with E-state index in [9.17, 15) is 14.7 Å². The molecule has 1 aromatic carbocycles. The maximum absolute atomic E-state index is 12.1. The van der Waals surface area contributed by atoms with Crippen LogP contribution in [0, 0.1) is 5.92 Å². The first-order valence-electron chi connectivity index (χ1n) is 6.64. The summed E-state index contributed by atoms with van der Waals surface area (Å²) in [6.45, 7) is 2.34. The number of carboxylic acid groups (broad SMARTS) is 1. The zero-order valence-corrected chi connectivity index (χ0v) is 11.7. The second kappa shape index (κ2) is 6.05. The van der Waals surface area contributed by atoms with Crippen LogP contribution >= 0.6 is 0 Å². The standard InChI is InChI=1S/C15H19NO4/c1-10(20-2)14(17)16-8-12(13(9-16)15(18)19)11-6-4-3-5-7-11/h3-7,10,12-13H,8-9H2,1-2H3,(H,18,19). The van der Waals surface area contributed by atoms with Gasteiger partial charge in [0.25, 0.3) is 5.91 Å². The minimum atomic E-state index is -0.862. The van der Waals surface area contributed by atoms with Gasteiger partial charge in [0.15, 0.2) is 0 Å². The van der Waals surface area contributed by atoms with Crippen molar-refractivity contribution < 1.29 is 19.4 Å². The van der Waals surface area contributed by atoms with Crippen molar-refractivity contribution in [2.75, 3.05) is 20.2 Å². The third-order valence-corrected chi connectivity index (χ3v) is 3.88. The maximum atomic E-state index is 12.1. The van der Waals surface area contributed by atoms with Crippen molar-refractivity contribution in [3.05, 3.63) is 35.9 Å². The Morgan fingerprint density at radius 3 is 2.50 bits per heavy atom. The minimum Gasteiger partial charge on any atom is -0.481 e. The van der Waals surface area contributed by atoms with Gasteiger partial charge in [0, 0.05) is 26.1 Å². The van der Waals surface area contributed by atoms with Crippen LogP contribution in [0.1, 0.15) is 18.4 Å². The number of aliphatic carboxylic acids is 1. The number of benzene rings is 1. The van der Waals surface area contributed by atoms with Gasteiger partial charge in [-0.15, -0.1) is 0 Å². The van der Waals surface area contributed by atoms with Crippen LogP contribution in [0.3, 0.4) is 0 Å². The molecule has 0 saturated carbocycles. The van der Waals surface area contributed by atoms with Crippen LogP contribution in [0.25, 0.3) is 0 Å². The summed E-state index contributed by atoms with van der Waals surface area (Å²) in [5, 5.41) is 9.37. The lowest BCUT2D eigenvalue weighted by Gasteiger charge is -2.19. The number of ether oxygens (including phenoxy) is 1. The van der Waals surface area contributed by atoms with E-state index in [4.69, 9.17) is 4.74 Å². The van der Waals surface area contributed by atoms with Gasteiger partial charge in [-0.05, 0) is 12.5 Å². The number of carbonyl (C=O) groups is 2. The van der Waals surface area contributed by atoms with Crippen LogP contribution < -0.4 is 0 Å². The Labute approximate surface area is 118 Å². The number of nitrogens with zero attached hydrogens (tertiary/aromatic N) is 1. The van der Waals surface area contributed by atoms with Crippen molar-refractivity contribution in [2.24, 2.45) is 5.92 Å². The molecule has 0 bridgehead atoms. The molecule has 108 valence electrons. The number of amides is 1. The molecule has 1 N–H and O–H groups in total. The Bertz CT molecular complexity index is 488. The van der Waals surface area contributed by atoms with Gasteiger partial charge in [-0.2, -0.15) is 0 Å². The molecule has 5 nitrogen and oxygen atoms in total. The van der Waals surface area contributed by atoms with E-state index in [1.165, 1.54) is 7.11 Å². The fourth-order valence-corrected chi connectivity index (χ4v) is 2.63. The number of carboxylic acids is 1. The van der Waals surface area contributed by atoms with E-state index in [-0.39, 0.29) is 18.4 Å². The van der Waals surface area contributed by atoms with Crippen molar-refractivity contribution in [3.63, 3.8) is 0 Å². The summed E-state index contributed by atoms with van der Waals surface area (Å²) in [4.78, 5) is 25.1. The smallest absolute Gasteiger partial charge is 0.308 e. The monoisotopic (exact) mass is 277 g/mol. The van der Waals surface area contributed by atoms with Crippen molar-refractivity contribution >= 4 is 11.9 Å². The van der Waals surface area contributed by atoms with Gasteiger partial charge >= 0.3 is 5.97 Å². The van der Waals surface area contributed by atoms with E-state index in [0.29, 0.717) is 6.54 Å². The molecular weight excluding hydrogens is 258 g/mol. The number of hydrogen-bond acceptors (Lipinski definition) is 3. The molecule has 1 aromatic rings. The number of methoxy groups -OCH3 is 1. The molecule has 0 aromatic heterocycles. The van der Waals surface area contributed by atoms with E-state index in [1.54, 1.807) is 11.8 Å². The van der Waals surface area contributed by atoms with Crippen LogP contribution in [0.4, 0.5) is 0 Å². The van der Waals surface area contributed by atoms with E-state index in [0.717, 1.165) is 5.56 Å². The summed E-state index contributed by atoms with van der Waals surface area (Å²) < 4.78 is 5.02. The first-order chi connectivity index (χ1) is 9.54. The Morgan fingerprint density at radius 2 is 1.95 bits per heavy atom. The first kappa shape index (κ1) is 14.5. The summed E-state index contributed by atoms with van der Waals surface area (Å²) in [5.74, 6) is -1.75. The largest absolute Gasteiger partial charge is 0.481 e. The zero-order chi connectivity index (χ0) is 14.7. The molecule has 1 amide bonds. The Balaban J connectivity index is 2.20. The van der Waals surface area contributed by atoms with Crippen LogP contribution in [-0.4, -0.2) is 48.2 Å². The Morgan fingerprint density at radius 1 is 1.30 bits per heavy atom. The van der Waals surface area contributed by atoms with Gasteiger partial charge in [0.05, 0.1) is 5.92 Å². The lowest BCUT2D eigenvalue weighted by molar-refractivity contribution is -0.143. The Kier molecular flexibility index (Phi) is 4.39. The van der Waals surface area contributed by atoms with Crippen molar-refractivity contribution in [1.82, 2.24) is 4.90 Å². The predicted octanol–water partition coefficient (Wildman–Crippen LogP) is 1.35. The van der Waals surface area contributed by atoms with Crippen LogP contribution in [0.15, 0.2) is 30.3 Å². The third-order valence-electron chi connectivity index (χ3n) is 3.88. The van der Waals surface area contributed by atoms with Crippen LogP contribution in [0.5, 0.6) is 0 Å². The highest BCUT2D eigenvalue weighted by Gasteiger charge is 2.41. The first-order valence-corrected chi connectivity index (χ1v) is 6.64. The topological polar surface area (TPSA) is 66.8 Å². The Hall–Kier alpha value is -1.88. The molecule has 5 heteroatoms. The predicted molar refractivity (Wildman–Crippen MR) is 73.4 cm³/mol. The molecule has 1 fully saturated rings. The van der Waals surface area contributed by atoms with Gasteiger partial charge in [0.2, 0.25) is 0 Å². The molecule has 1 aliphatic heterocycles. The molecule has 20 heavy (non-hydrogen) atoms. The van der Waals surface area contributed by atoms with Gasteiger partial charge in [0.1, 0.15) is 6.10 Å². The normalized spacial score (nSPS) is 23.6. The molecule has 0 spiro atoms. The molecule has 3 atom stereocenters. The number of hydrogen-bond donors (Lipinski definition) is 1. The average molecular weight is 277 g/mol. The van der Waals surface area contributed by atoms with Crippen molar-refractivity contribution in [1.29, 1.82) is 0 Å². The second-order valence-corrected chi connectivity index (χ2v) is 5.08. The van der Waals surface area contributed by atoms with Gasteiger partial charge in [-0.3, -0.25) is 9.59 Å².